The molecule has 3 aromatic rings. The van der Waals surface area contributed by atoms with Gasteiger partial charge in [-0.25, -0.2) is 27.9 Å². The molecule has 0 radical (unpaired) electrons. The molecule has 1 atom stereocenters. The van der Waals surface area contributed by atoms with E-state index in [0.29, 0.717) is 6.07 Å². The van der Waals surface area contributed by atoms with Gasteiger partial charge in [0, 0.05) is 12.1 Å². The van der Waals surface area contributed by atoms with Gasteiger partial charge in [-0.15, -0.1) is 0 Å². The summed E-state index contributed by atoms with van der Waals surface area (Å²) < 4.78 is 36.0. The molecule has 0 fully saturated rings. The second-order valence-electron chi connectivity index (χ2n) is 6.73. The van der Waals surface area contributed by atoms with Crippen LogP contribution in [0.4, 0.5) is 8.78 Å². The standard InChI is InChI=1S/C19H20F2N4O4/c1-5-29-18(27)11(4)23-9-22-16-15(23)17(26)24(10(2)3)19(28)25(16)14-7-6-12(20)8-13(14)21/h6-11H,5H2,1-4H3. The van der Waals surface area contributed by atoms with E-state index in [-0.39, 0.29) is 23.5 Å². The van der Waals surface area contributed by atoms with Crippen molar-refractivity contribution in [3.8, 4) is 5.69 Å². The van der Waals surface area contributed by atoms with Crippen molar-refractivity contribution in [2.75, 3.05) is 6.61 Å². The molecular weight excluding hydrogens is 386 g/mol. The fourth-order valence-electron chi connectivity index (χ4n) is 3.13. The summed E-state index contributed by atoms with van der Waals surface area (Å²) in [5, 5.41) is 0. The summed E-state index contributed by atoms with van der Waals surface area (Å²) in [4.78, 5) is 42.4. The Morgan fingerprint density at radius 2 is 1.90 bits per heavy atom. The van der Waals surface area contributed by atoms with Crippen LogP contribution >= 0.6 is 0 Å². The van der Waals surface area contributed by atoms with E-state index < -0.39 is 40.9 Å². The topological polar surface area (TPSA) is 88.1 Å². The van der Waals surface area contributed by atoms with E-state index in [0.717, 1.165) is 21.3 Å². The Hall–Kier alpha value is -3.30. The Labute approximate surface area is 164 Å². The average Bonchev–Trinajstić information content (AvgIpc) is 3.07. The molecule has 0 aliphatic heterocycles. The number of rotatable bonds is 5. The molecular formula is C19H20F2N4O4. The van der Waals surface area contributed by atoms with Gasteiger partial charge >= 0.3 is 11.7 Å². The monoisotopic (exact) mass is 406 g/mol. The highest BCUT2D eigenvalue weighted by atomic mass is 19.1. The Bertz CT molecular complexity index is 1210. The van der Waals surface area contributed by atoms with Gasteiger partial charge in [-0.05, 0) is 39.8 Å². The van der Waals surface area contributed by atoms with Crippen LogP contribution in [0.1, 0.15) is 39.8 Å². The van der Waals surface area contributed by atoms with Crippen LogP contribution in [0.3, 0.4) is 0 Å². The molecule has 3 rings (SSSR count). The van der Waals surface area contributed by atoms with Gasteiger partial charge in [-0.1, -0.05) is 0 Å². The summed E-state index contributed by atoms with van der Waals surface area (Å²) >= 11 is 0. The second-order valence-corrected chi connectivity index (χ2v) is 6.73. The zero-order valence-corrected chi connectivity index (χ0v) is 16.3. The Morgan fingerprint density at radius 1 is 1.21 bits per heavy atom. The lowest BCUT2D eigenvalue weighted by molar-refractivity contribution is -0.146. The van der Waals surface area contributed by atoms with Crippen molar-refractivity contribution < 1.29 is 18.3 Å². The Kier molecular flexibility index (Phi) is 5.36. The third-order valence-corrected chi connectivity index (χ3v) is 4.52. The van der Waals surface area contributed by atoms with Crippen LogP contribution in [-0.4, -0.2) is 31.3 Å². The number of ether oxygens (including phenoxy) is 1. The number of esters is 1. The quantitative estimate of drug-likeness (QED) is 0.607. The Balaban J connectivity index is 2.43. The highest BCUT2D eigenvalue weighted by molar-refractivity contribution is 5.79. The van der Waals surface area contributed by atoms with E-state index in [1.54, 1.807) is 20.8 Å². The van der Waals surface area contributed by atoms with Crippen LogP contribution in [0.2, 0.25) is 0 Å². The molecule has 0 bridgehead atoms. The molecule has 2 heterocycles. The van der Waals surface area contributed by atoms with Crippen LogP contribution in [0.25, 0.3) is 16.9 Å². The molecule has 1 aromatic carbocycles. The summed E-state index contributed by atoms with van der Waals surface area (Å²) in [5.74, 6) is -2.39. The van der Waals surface area contributed by atoms with Gasteiger partial charge in [0.05, 0.1) is 18.6 Å². The molecule has 1 unspecified atom stereocenters. The van der Waals surface area contributed by atoms with Crippen LogP contribution < -0.4 is 11.2 Å². The SMILES string of the molecule is CCOC(=O)C(C)n1cnc2c1c(=O)n(C(C)C)c(=O)n2-c1ccc(F)cc1F. The van der Waals surface area contributed by atoms with Gasteiger partial charge in [0.15, 0.2) is 11.2 Å². The fourth-order valence-corrected chi connectivity index (χ4v) is 3.13. The molecule has 8 nitrogen and oxygen atoms in total. The normalized spacial score (nSPS) is 12.5. The number of hydrogen-bond donors (Lipinski definition) is 0. The van der Waals surface area contributed by atoms with Crippen molar-refractivity contribution in [2.45, 2.75) is 39.8 Å². The average molecular weight is 406 g/mol. The number of fused-ring (bicyclic) bond motifs is 1. The van der Waals surface area contributed by atoms with Crippen molar-refractivity contribution in [1.82, 2.24) is 18.7 Å². The molecule has 154 valence electrons. The number of carbonyl (C=O) groups excluding carboxylic acids is 1. The zero-order valence-electron chi connectivity index (χ0n) is 16.3. The molecule has 0 saturated heterocycles. The van der Waals surface area contributed by atoms with E-state index in [1.165, 1.54) is 17.8 Å². The third-order valence-electron chi connectivity index (χ3n) is 4.52. The predicted molar refractivity (Wildman–Crippen MR) is 101 cm³/mol. The van der Waals surface area contributed by atoms with Crippen LogP contribution in [0.15, 0.2) is 34.1 Å². The van der Waals surface area contributed by atoms with Gasteiger partial charge in [0.1, 0.15) is 17.7 Å². The molecule has 0 aliphatic carbocycles. The first-order valence-electron chi connectivity index (χ1n) is 9.05. The van der Waals surface area contributed by atoms with Crippen LogP contribution in [0, 0.1) is 11.6 Å². The lowest BCUT2D eigenvalue weighted by Gasteiger charge is -2.17. The first kappa shape index (κ1) is 20.4. The molecule has 0 amide bonds. The van der Waals surface area contributed by atoms with Crippen molar-refractivity contribution in [1.29, 1.82) is 0 Å². The molecule has 0 aliphatic rings. The second kappa shape index (κ2) is 7.61. The zero-order chi connectivity index (χ0) is 21.5. The molecule has 0 spiro atoms. The maximum Gasteiger partial charge on any atom is 0.337 e. The highest BCUT2D eigenvalue weighted by Gasteiger charge is 2.26. The molecule has 10 heteroatoms. The number of nitrogens with zero attached hydrogens (tertiary/aromatic N) is 4. The first-order valence-corrected chi connectivity index (χ1v) is 9.05. The fraction of sp³-hybridized carbons (Fsp3) is 0.368. The summed E-state index contributed by atoms with van der Waals surface area (Å²) in [6, 6.07) is 1.26. The van der Waals surface area contributed by atoms with Crippen LogP contribution in [0.5, 0.6) is 0 Å². The summed E-state index contributed by atoms with van der Waals surface area (Å²) in [6.45, 7) is 6.56. The number of aromatic nitrogens is 4. The van der Waals surface area contributed by atoms with E-state index in [9.17, 15) is 23.2 Å². The summed E-state index contributed by atoms with van der Waals surface area (Å²) in [7, 11) is 0. The van der Waals surface area contributed by atoms with Crippen molar-refractivity contribution in [2.24, 2.45) is 0 Å². The lowest BCUT2D eigenvalue weighted by Crippen LogP contribution is -2.41. The Morgan fingerprint density at radius 3 is 2.48 bits per heavy atom. The minimum absolute atomic E-state index is 0.0671. The third kappa shape index (κ3) is 3.34. The molecule has 0 saturated carbocycles. The van der Waals surface area contributed by atoms with E-state index >= 15 is 0 Å². The summed E-state index contributed by atoms with van der Waals surface area (Å²) in [5.41, 5.74) is -1.96. The number of hydrogen-bond acceptors (Lipinski definition) is 5. The van der Waals surface area contributed by atoms with Crippen LogP contribution in [-0.2, 0) is 9.53 Å². The molecule has 2 aromatic heterocycles. The molecule has 29 heavy (non-hydrogen) atoms. The number of benzene rings is 1. The number of imidazole rings is 1. The van der Waals surface area contributed by atoms with E-state index in [4.69, 9.17) is 4.74 Å². The van der Waals surface area contributed by atoms with E-state index in [2.05, 4.69) is 4.98 Å². The van der Waals surface area contributed by atoms with Gasteiger partial charge in [-0.3, -0.25) is 9.36 Å². The minimum Gasteiger partial charge on any atom is -0.464 e. The predicted octanol–water partition coefficient (Wildman–Crippen LogP) is 2.33. The van der Waals surface area contributed by atoms with Crippen molar-refractivity contribution in [3.63, 3.8) is 0 Å². The largest absolute Gasteiger partial charge is 0.464 e. The van der Waals surface area contributed by atoms with Gasteiger partial charge in [0.25, 0.3) is 5.56 Å². The molecule has 0 N–H and O–H groups in total. The lowest BCUT2D eigenvalue weighted by atomic mass is 10.2. The first-order chi connectivity index (χ1) is 13.7. The smallest absolute Gasteiger partial charge is 0.337 e. The van der Waals surface area contributed by atoms with Gasteiger partial charge in [-0.2, -0.15) is 0 Å². The van der Waals surface area contributed by atoms with Crippen molar-refractivity contribution in [3.05, 3.63) is 57.0 Å². The highest BCUT2D eigenvalue weighted by Crippen LogP contribution is 2.20. The van der Waals surface area contributed by atoms with E-state index in [1.807, 2.05) is 0 Å². The van der Waals surface area contributed by atoms with Crippen molar-refractivity contribution >= 4 is 17.1 Å². The maximum atomic E-state index is 14.5. The maximum absolute atomic E-state index is 14.5. The minimum atomic E-state index is -0.990. The van der Waals surface area contributed by atoms with Gasteiger partial charge < -0.3 is 9.30 Å². The van der Waals surface area contributed by atoms with Gasteiger partial charge in [0.2, 0.25) is 0 Å². The summed E-state index contributed by atoms with van der Waals surface area (Å²) in [6.07, 6.45) is 1.22. The number of carbonyl (C=O) groups is 1. The number of halogens is 2.